The highest BCUT2D eigenvalue weighted by Gasteiger charge is 2.50. The third-order valence-electron chi connectivity index (χ3n) is 4.26. The first-order valence-corrected chi connectivity index (χ1v) is 6.89. The fraction of sp³-hybridized carbons (Fsp3) is 0.353. The van der Waals surface area contributed by atoms with Crippen molar-refractivity contribution in [2.75, 3.05) is 14.2 Å². The monoisotopic (exact) mass is 266 g/mol. The number of hydrogen-bond donors (Lipinski definition) is 1. The third kappa shape index (κ3) is 2.03. The van der Waals surface area contributed by atoms with Crippen LogP contribution in [0.3, 0.4) is 0 Å². The molecule has 2 aromatic carbocycles. The summed E-state index contributed by atoms with van der Waals surface area (Å²) in [6.07, 6.45) is 1.96. The predicted molar refractivity (Wildman–Crippen MR) is 79.6 cm³/mol. The van der Waals surface area contributed by atoms with Crippen molar-refractivity contribution in [1.29, 1.82) is 5.26 Å². The Morgan fingerprint density at radius 1 is 1.20 bits per heavy atom. The summed E-state index contributed by atoms with van der Waals surface area (Å²) >= 11 is 0. The van der Waals surface area contributed by atoms with E-state index >= 15 is 0 Å². The molecule has 1 aliphatic rings. The van der Waals surface area contributed by atoms with Gasteiger partial charge in [-0.1, -0.05) is 18.2 Å². The molecule has 1 unspecified atom stereocenters. The number of rotatable bonds is 4. The van der Waals surface area contributed by atoms with Crippen LogP contribution in [0.25, 0.3) is 10.8 Å². The van der Waals surface area contributed by atoms with Gasteiger partial charge in [0.05, 0.1) is 24.6 Å². The maximum Gasteiger partial charge on any atom is 0.119 e. The number of hydrogen-bond acceptors (Lipinski definition) is 3. The Bertz CT molecular complexity index is 683. The summed E-state index contributed by atoms with van der Waals surface area (Å²) in [6, 6.07) is 15.1. The molecular formula is C17H18N2O. The topological polar surface area (TPSA) is 45.0 Å². The Balaban J connectivity index is 2.02. The van der Waals surface area contributed by atoms with Crippen molar-refractivity contribution >= 4 is 10.8 Å². The smallest absolute Gasteiger partial charge is 0.119 e. The van der Waals surface area contributed by atoms with E-state index in [9.17, 15) is 5.26 Å². The van der Waals surface area contributed by atoms with Crippen LogP contribution in [-0.4, -0.2) is 14.2 Å². The summed E-state index contributed by atoms with van der Waals surface area (Å²) in [5.41, 5.74) is 0.971. The molecule has 3 rings (SSSR count). The molecule has 0 radical (unpaired) electrons. The first-order valence-electron chi connectivity index (χ1n) is 6.89. The van der Waals surface area contributed by atoms with E-state index in [0.717, 1.165) is 24.0 Å². The zero-order valence-electron chi connectivity index (χ0n) is 11.8. The number of nitrogens with zero attached hydrogens (tertiary/aromatic N) is 1. The van der Waals surface area contributed by atoms with Gasteiger partial charge in [0.25, 0.3) is 0 Å². The van der Waals surface area contributed by atoms with E-state index in [-0.39, 0.29) is 11.5 Å². The maximum absolute atomic E-state index is 9.39. The van der Waals surface area contributed by atoms with Crippen LogP contribution in [0.5, 0.6) is 5.75 Å². The van der Waals surface area contributed by atoms with Crippen molar-refractivity contribution in [3.05, 3.63) is 42.0 Å². The third-order valence-corrected chi connectivity index (χ3v) is 4.26. The summed E-state index contributed by atoms with van der Waals surface area (Å²) in [5.74, 6) is 0.867. The predicted octanol–water partition coefficient (Wildman–Crippen LogP) is 3.41. The molecule has 1 N–H and O–H groups in total. The van der Waals surface area contributed by atoms with Gasteiger partial charge in [-0.3, -0.25) is 0 Å². The van der Waals surface area contributed by atoms with Gasteiger partial charge >= 0.3 is 0 Å². The van der Waals surface area contributed by atoms with E-state index in [1.165, 1.54) is 10.9 Å². The van der Waals surface area contributed by atoms with Crippen molar-refractivity contribution in [3.63, 3.8) is 0 Å². The molecule has 0 aromatic heterocycles. The van der Waals surface area contributed by atoms with Gasteiger partial charge in [0.2, 0.25) is 0 Å². The molecule has 0 amide bonds. The van der Waals surface area contributed by atoms with Crippen LogP contribution in [-0.2, 0) is 0 Å². The van der Waals surface area contributed by atoms with Gasteiger partial charge < -0.3 is 10.1 Å². The molecular weight excluding hydrogens is 248 g/mol. The van der Waals surface area contributed by atoms with Gasteiger partial charge in [-0.2, -0.15) is 5.26 Å². The van der Waals surface area contributed by atoms with Crippen molar-refractivity contribution < 1.29 is 4.74 Å². The highest BCUT2D eigenvalue weighted by molar-refractivity contribution is 5.84. The molecule has 0 spiro atoms. The number of nitriles is 1. The van der Waals surface area contributed by atoms with Crippen LogP contribution in [0.15, 0.2) is 36.4 Å². The molecule has 1 aliphatic carbocycles. The van der Waals surface area contributed by atoms with Crippen molar-refractivity contribution in [1.82, 2.24) is 5.32 Å². The molecule has 102 valence electrons. The first-order chi connectivity index (χ1) is 9.72. The van der Waals surface area contributed by atoms with Gasteiger partial charge in [0, 0.05) is 0 Å². The minimum atomic E-state index is -0.213. The molecule has 0 bridgehead atoms. The second kappa shape index (κ2) is 4.81. The molecule has 1 fully saturated rings. The van der Waals surface area contributed by atoms with Crippen LogP contribution in [0.2, 0.25) is 0 Å². The second-order valence-corrected chi connectivity index (χ2v) is 5.46. The summed E-state index contributed by atoms with van der Waals surface area (Å²) in [6.45, 7) is 0. The lowest BCUT2D eigenvalue weighted by Crippen LogP contribution is -2.25. The summed E-state index contributed by atoms with van der Waals surface area (Å²) in [7, 11) is 3.61. The standard InChI is InChI=1S/C17H18N2O/c1-19-16(17(11-18)7-8-17)14-4-3-13-10-15(20-2)6-5-12(13)9-14/h3-6,9-10,16,19H,7-8H2,1-2H3. The zero-order valence-corrected chi connectivity index (χ0v) is 11.8. The minimum Gasteiger partial charge on any atom is -0.497 e. The number of fused-ring (bicyclic) bond motifs is 1. The fourth-order valence-corrected chi connectivity index (χ4v) is 2.91. The van der Waals surface area contributed by atoms with Crippen molar-refractivity contribution in [3.8, 4) is 11.8 Å². The van der Waals surface area contributed by atoms with E-state index in [4.69, 9.17) is 4.74 Å². The number of ether oxygens (including phenoxy) is 1. The molecule has 0 saturated heterocycles. The molecule has 2 aromatic rings. The molecule has 3 nitrogen and oxygen atoms in total. The molecule has 3 heteroatoms. The van der Waals surface area contributed by atoms with E-state index in [0.29, 0.717) is 0 Å². The lowest BCUT2D eigenvalue weighted by molar-refractivity contribution is 0.415. The summed E-state index contributed by atoms with van der Waals surface area (Å²) < 4.78 is 5.25. The highest BCUT2D eigenvalue weighted by Crippen LogP contribution is 2.54. The van der Waals surface area contributed by atoms with Gasteiger partial charge in [-0.25, -0.2) is 0 Å². The van der Waals surface area contributed by atoms with Gasteiger partial charge in [-0.05, 0) is 54.4 Å². The molecule has 0 aliphatic heterocycles. The lowest BCUT2D eigenvalue weighted by Gasteiger charge is -2.21. The maximum atomic E-state index is 9.39. The number of nitrogens with one attached hydrogen (secondary N) is 1. The Morgan fingerprint density at radius 2 is 1.90 bits per heavy atom. The number of methoxy groups -OCH3 is 1. The van der Waals surface area contributed by atoms with Crippen molar-refractivity contribution in [2.45, 2.75) is 18.9 Å². The SMILES string of the molecule is CNC(c1ccc2cc(OC)ccc2c1)C1(C#N)CC1. The Labute approximate surface area is 119 Å². The lowest BCUT2D eigenvalue weighted by atomic mass is 9.90. The van der Waals surface area contributed by atoms with E-state index in [1.807, 2.05) is 19.2 Å². The zero-order chi connectivity index (χ0) is 14.2. The van der Waals surface area contributed by atoms with Gasteiger partial charge in [-0.15, -0.1) is 0 Å². The number of benzene rings is 2. The Morgan fingerprint density at radius 3 is 2.50 bits per heavy atom. The Kier molecular flexibility index (Phi) is 3.11. The molecule has 20 heavy (non-hydrogen) atoms. The molecule has 0 heterocycles. The molecule has 1 saturated carbocycles. The fourth-order valence-electron chi connectivity index (χ4n) is 2.91. The first kappa shape index (κ1) is 13.0. The second-order valence-electron chi connectivity index (χ2n) is 5.46. The van der Waals surface area contributed by atoms with Crippen LogP contribution in [0.1, 0.15) is 24.4 Å². The van der Waals surface area contributed by atoms with E-state index < -0.39 is 0 Å². The van der Waals surface area contributed by atoms with Gasteiger partial charge in [0.1, 0.15) is 5.75 Å². The molecule has 1 atom stereocenters. The largest absolute Gasteiger partial charge is 0.497 e. The summed E-state index contributed by atoms with van der Waals surface area (Å²) in [5, 5.41) is 15.0. The van der Waals surface area contributed by atoms with E-state index in [2.05, 4.69) is 35.7 Å². The van der Waals surface area contributed by atoms with Crippen LogP contribution in [0.4, 0.5) is 0 Å². The summed E-state index contributed by atoms with van der Waals surface area (Å²) in [4.78, 5) is 0. The average Bonchev–Trinajstić information content (AvgIpc) is 3.28. The van der Waals surface area contributed by atoms with Crippen LogP contribution in [0, 0.1) is 16.7 Å². The van der Waals surface area contributed by atoms with E-state index in [1.54, 1.807) is 7.11 Å². The average molecular weight is 266 g/mol. The van der Waals surface area contributed by atoms with Gasteiger partial charge in [0.15, 0.2) is 0 Å². The minimum absolute atomic E-state index is 0.110. The Hall–Kier alpha value is -2.05. The normalized spacial score (nSPS) is 17.4. The highest BCUT2D eigenvalue weighted by atomic mass is 16.5. The van der Waals surface area contributed by atoms with Crippen LogP contribution < -0.4 is 10.1 Å². The van der Waals surface area contributed by atoms with Crippen LogP contribution >= 0.6 is 0 Å². The quantitative estimate of drug-likeness (QED) is 0.922. The van der Waals surface area contributed by atoms with Crippen molar-refractivity contribution in [2.24, 2.45) is 5.41 Å².